The molecule has 0 spiro atoms. The minimum atomic E-state index is -2.66. The van der Waals surface area contributed by atoms with Gasteiger partial charge in [-0.05, 0) is 43.2 Å². The average Bonchev–Trinajstić information content (AvgIpc) is 3.48. The number of aromatic nitrogens is 3. The number of Topliss-reactive ketones (excluding diaryl/α,β-unsaturated/α-hetero) is 1. The molecule has 2 N–H and O–H groups in total. The van der Waals surface area contributed by atoms with E-state index >= 15 is 0 Å². The van der Waals surface area contributed by atoms with Gasteiger partial charge in [-0.25, -0.2) is 8.78 Å². The van der Waals surface area contributed by atoms with Crippen molar-refractivity contribution in [1.82, 2.24) is 15.2 Å². The Balaban J connectivity index is 1.46. The van der Waals surface area contributed by atoms with Gasteiger partial charge in [-0.2, -0.15) is 0 Å². The number of rotatable bonds is 5. The smallest absolute Gasteiger partial charge is 0.251 e. The molecule has 164 valence electrons. The lowest BCUT2D eigenvalue weighted by Crippen LogP contribution is -2.28. The van der Waals surface area contributed by atoms with E-state index < -0.39 is 5.92 Å². The summed E-state index contributed by atoms with van der Waals surface area (Å²) in [6, 6.07) is 9.01. The lowest BCUT2D eigenvalue weighted by atomic mass is 9.82. The SMILES string of the molecule is NCc1cc2cc(-c3ccc(C(=O)C4CCC(F)(F)CC4)cn3)cc(-c3nnco3)c2o1. The first-order valence-electron chi connectivity index (χ1n) is 10.3. The zero-order valence-corrected chi connectivity index (χ0v) is 17.1. The first-order chi connectivity index (χ1) is 15.4. The number of ketones is 1. The van der Waals surface area contributed by atoms with E-state index in [1.54, 1.807) is 12.1 Å². The van der Waals surface area contributed by atoms with Gasteiger partial charge < -0.3 is 14.6 Å². The normalized spacial score (nSPS) is 16.5. The number of halogens is 2. The Bertz CT molecular complexity index is 1260. The highest BCUT2D eigenvalue weighted by Gasteiger charge is 2.37. The molecule has 3 heterocycles. The summed E-state index contributed by atoms with van der Waals surface area (Å²) in [5, 5.41) is 8.52. The summed E-state index contributed by atoms with van der Waals surface area (Å²) in [5.41, 5.74) is 8.75. The molecular weight excluding hydrogens is 418 g/mol. The molecule has 32 heavy (non-hydrogen) atoms. The van der Waals surface area contributed by atoms with Crippen LogP contribution >= 0.6 is 0 Å². The highest BCUT2D eigenvalue weighted by Crippen LogP contribution is 2.38. The van der Waals surface area contributed by atoms with Crippen LogP contribution in [-0.2, 0) is 6.54 Å². The van der Waals surface area contributed by atoms with Crippen LogP contribution in [0.1, 0.15) is 41.8 Å². The van der Waals surface area contributed by atoms with Crippen LogP contribution in [0, 0.1) is 5.92 Å². The van der Waals surface area contributed by atoms with Crippen molar-refractivity contribution in [2.24, 2.45) is 11.7 Å². The van der Waals surface area contributed by atoms with E-state index in [-0.39, 0.29) is 43.9 Å². The van der Waals surface area contributed by atoms with Gasteiger partial charge in [-0.1, -0.05) is 0 Å². The van der Waals surface area contributed by atoms with Crippen LogP contribution in [0.5, 0.6) is 0 Å². The number of furan rings is 1. The van der Waals surface area contributed by atoms with Crippen molar-refractivity contribution in [1.29, 1.82) is 0 Å². The van der Waals surface area contributed by atoms with E-state index in [0.717, 1.165) is 10.9 Å². The summed E-state index contributed by atoms with van der Waals surface area (Å²) in [4.78, 5) is 17.2. The third-order valence-electron chi connectivity index (χ3n) is 5.89. The van der Waals surface area contributed by atoms with Crippen molar-refractivity contribution in [3.63, 3.8) is 0 Å². The third kappa shape index (κ3) is 3.80. The number of nitrogens with two attached hydrogens (primary N) is 1. The maximum atomic E-state index is 13.4. The van der Waals surface area contributed by atoms with Crippen molar-refractivity contribution in [2.45, 2.75) is 38.2 Å². The standard InChI is InChI=1S/C23H20F2N4O3/c24-23(25)5-3-13(4-6-23)20(30)14-1-2-19(27-11-14)15-7-16-8-17(10-26)32-21(16)18(9-15)22-29-28-12-31-22/h1-2,7-9,11-13H,3-6,10,26H2. The van der Waals surface area contributed by atoms with Crippen molar-refractivity contribution >= 4 is 16.8 Å². The molecule has 0 atom stereocenters. The first kappa shape index (κ1) is 20.4. The van der Waals surface area contributed by atoms with E-state index in [0.29, 0.717) is 34.1 Å². The summed E-state index contributed by atoms with van der Waals surface area (Å²) >= 11 is 0. The van der Waals surface area contributed by atoms with Gasteiger partial charge in [0, 0.05) is 41.5 Å². The molecule has 0 aliphatic heterocycles. The molecule has 7 nitrogen and oxygen atoms in total. The molecule has 1 aromatic carbocycles. The molecule has 0 radical (unpaired) electrons. The third-order valence-corrected chi connectivity index (χ3v) is 5.89. The van der Waals surface area contributed by atoms with Crippen molar-refractivity contribution < 1.29 is 22.4 Å². The highest BCUT2D eigenvalue weighted by molar-refractivity contribution is 5.98. The fourth-order valence-corrected chi connectivity index (χ4v) is 4.15. The lowest BCUT2D eigenvalue weighted by Gasteiger charge is -2.27. The van der Waals surface area contributed by atoms with Crippen molar-refractivity contribution in [3.05, 3.63) is 54.2 Å². The zero-order chi connectivity index (χ0) is 22.3. The Kier molecular flexibility index (Phi) is 5.05. The molecule has 3 aromatic heterocycles. The van der Waals surface area contributed by atoms with Gasteiger partial charge in [0.05, 0.1) is 17.8 Å². The maximum absolute atomic E-state index is 13.4. The van der Waals surface area contributed by atoms with Crippen molar-refractivity contribution in [3.8, 4) is 22.7 Å². The second kappa shape index (κ2) is 7.90. The predicted molar refractivity (Wildman–Crippen MR) is 112 cm³/mol. The fourth-order valence-electron chi connectivity index (χ4n) is 4.15. The minimum absolute atomic E-state index is 0.135. The molecular formula is C23H20F2N4O3. The van der Waals surface area contributed by atoms with Crippen LogP contribution in [0.3, 0.4) is 0 Å². The Morgan fingerprint density at radius 3 is 2.66 bits per heavy atom. The summed E-state index contributed by atoms with van der Waals surface area (Å²) in [5.74, 6) is -2.27. The quantitative estimate of drug-likeness (QED) is 0.436. The van der Waals surface area contributed by atoms with Crippen LogP contribution in [0.15, 0.2) is 51.8 Å². The van der Waals surface area contributed by atoms with E-state index in [4.69, 9.17) is 14.6 Å². The molecule has 9 heteroatoms. The Labute approximate surface area is 181 Å². The van der Waals surface area contributed by atoms with Gasteiger partial charge in [-0.3, -0.25) is 9.78 Å². The van der Waals surface area contributed by atoms with E-state index in [2.05, 4.69) is 15.2 Å². The first-order valence-corrected chi connectivity index (χ1v) is 10.3. The number of benzene rings is 1. The van der Waals surface area contributed by atoms with Crippen LogP contribution in [0.2, 0.25) is 0 Å². The Hall–Kier alpha value is -3.46. The number of carbonyl (C=O) groups is 1. The predicted octanol–water partition coefficient (Wildman–Crippen LogP) is 5.01. The summed E-state index contributed by atoms with van der Waals surface area (Å²) in [6.07, 6.45) is 2.64. The average molecular weight is 438 g/mol. The van der Waals surface area contributed by atoms with Gasteiger partial charge >= 0.3 is 0 Å². The summed E-state index contributed by atoms with van der Waals surface area (Å²) < 4.78 is 38.0. The number of carbonyl (C=O) groups excluding carboxylic acids is 1. The molecule has 0 saturated heterocycles. The molecule has 0 unspecified atom stereocenters. The monoisotopic (exact) mass is 438 g/mol. The lowest BCUT2D eigenvalue weighted by molar-refractivity contribution is -0.0424. The second-order valence-electron chi connectivity index (χ2n) is 8.03. The number of hydrogen-bond donors (Lipinski definition) is 1. The van der Waals surface area contributed by atoms with E-state index in [1.807, 2.05) is 18.2 Å². The van der Waals surface area contributed by atoms with Gasteiger partial charge in [0.2, 0.25) is 12.3 Å². The number of pyridine rings is 1. The van der Waals surface area contributed by atoms with E-state index in [1.165, 1.54) is 12.6 Å². The molecule has 0 amide bonds. The zero-order valence-electron chi connectivity index (χ0n) is 17.1. The topological polar surface area (TPSA) is 108 Å². The molecule has 1 saturated carbocycles. The van der Waals surface area contributed by atoms with Gasteiger partial charge in [-0.15, -0.1) is 10.2 Å². The Morgan fingerprint density at radius 1 is 1.19 bits per heavy atom. The number of hydrogen-bond acceptors (Lipinski definition) is 7. The second-order valence-corrected chi connectivity index (χ2v) is 8.03. The summed E-state index contributed by atoms with van der Waals surface area (Å²) in [7, 11) is 0. The molecule has 5 rings (SSSR count). The van der Waals surface area contributed by atoms with Crippen LogP contribution in [0.4, 0.5) is 8.78 Å². The number of alkyl halides is 2. The van der Waals surface area contributed by atoms with Crippen LogP contribution in [0.25, 0.3) is 33.7 Å². The molecule has 1 aliphatic carbocycles. The van der Waals surface area contributed by atoms with Gasteiger partial charge in [0.1, 0.15) is 11.3 Å². The Morgan fingerprint density at radius 2 is 2.00 bits per heavy atom. The van der Waals surface area contributed by atoms with Gasteiger partial charge in [0.15, 0.2) is 5.78 Å². The van der Waals surface area contributed by atoms with Gasteiger partial charge in [0.25, 0.3) is 5.89 Å². The maximum Gasteiger partial charge on any atom is 0.251 e. The van der Waals surface area contributed by atoms with Crippen LogP contribution in [-0.4, -0.2) is 26.9 Å². The minimum Gasteiger partial charge on any atom is -0.459 e. The molecule has 0 bridgehead atoms. The largest absolute Gasteiger partial charge is 0.459 e. The number of nitrogens with zero attached hydrogens (tertiary/aromatic N) is 3. The van der Waals surface area contributed by atoms with E-state index in [9.17, 15) is 13.6 Å². The molecule has 1 aliphatic rings. The number of fused-ring (bicyclic) bond motifs is 1. The van der Waals surface area contributed by atoms with Crippen molar-refractivity contribution in [2.75, 3.05) is 0 Å². The molecule has 4 aromatic rings. The fraction of sp³-hybridized carbons (Fsp3) is 0.304. The summed E-state index contributed by atoms with van der Waals surface area (Å²) in [6.45, 7) is 0.245. The van der Waals surface area contributed by atoms with Crippen LogP contribution < -0.4 is 5.73 Å². The highest BCUT2D eigenvalue weighted by atomic mass is 19.3. The molecule has 1 fully saturated rings.